The second kappa shape index (κ2) is 8.10. The summed E-state index contributed by atoms with van der Waals surface area (Å²) in [6.45, 7) is 0.461. The summed E-state index contributed by atoms with van der Waals surface area (Å²) < 4.78 is 31.0. The second-order valence-electron chi connectivity index (χ2n) is 6.79. The zero-order valence-corrected chi connectivity index (χ0v) is 16.3. The highest BCUT2D eigenvalue weighted by Crippen LogP contribution is 2.26. The van der Waals surface area contributed by atoms with E-state index in [1.807, 2.05) is 48.5 Å². The lowest BCUT2D eigenvalue weighted by atomic mass is 9.97. The Morgan fingerprint density at radius 3 is 2.52 bits per heavy atom. The highest BCUT2D eigenvalue weighted by atomic mass is 32.2. The van der Waals surface area contributed by atoms with Crippen LogP contribution in [0, 0.1) is 0 Å². The van der Waals surface area contributed by atoms with Gasteiger partial charge in [-0.3, -0.25) is 0 Å². The van der Waals surface area contributed by atoms with Crippen molar-refractivity contribution in [2.75, 3.05) is 19.9 Å². The average molecular weight is 388 g/mol. The van der Waals surface area contributed by atoms with E-state index < -0.39 is 16.1 Å². The van der Waals surface area contributed by atoms with Crippen LogP contribution in [0.2, 0.25) is 0 Å². The molecule has 2 atom stereocenters. The number of carbonyl (C=O) groups excluding carboxylic acids is 1. The second-order valence-corrected chi connectivity index (χ2v) is 8.57. The molecule has 0 saturated carbocycles. The first kappa shape index (κ1) is 19.4. The van der Waals surface area contributed by atoms with Crippen molar-refractivity contribution in [3.8, 4) is 11.1 Å². The Bertz CT molecular complexity index is 899. The van der Waals surface area contributed by atoms with Crippen molar-refractivity contribution < 1.29 is 17.9 Å². The monoisotopic (exact) mass is 388 g/mol. The van der Waals surface area contributed by atoms with Crippen LogP contribution >= 0.6 is 0 Å². The maximum Gasteiger partial charge on any atom is 0.409 e. The third-order valence-corrected chi connectivity index (χ3v) is 5.53. The van der Waals surface area contributed by atoms with Gasteiger partial charge < -0.3 is 9.64 Å². The third-order valence-electron chi connectivity index (χ3n) is 4.80. The van der Waals surface area contributed by atoms with Crippen molar-refractivity contribution in [3.63, 3.8) is 0 Å². The molecule has 1 saturated heterocycles. The van der Waals surface area contributed by atoms with E-state index >= 15 is 0 Å². The molecule has 0 bridgehead atoms. The zero-order chi connectivity index (χ0) is 19.4. The summed E-state index contributed by atoms with van der Waals surface area (Å²) in [6, 6.07) is 17.5. The highest BCUT2D eigenvalue weighted by Gasteiger charge is 2.39. The van der Waals surface area contributed by atoms with Crippen molar-refractivity contribution >= 4 is 16.1 Å². The molecule has 1 heterocycles. The van der Waals surface area contributed by atoms with Crippen LogP contribution < -0.4 is 4.72 Å². The Morgan fingerprint density at radius 2 is 1.85 bits per heavy atom. The first-order valence-electron chi connectivity index (χ1n) is 8.83. The largest absolute Gasteiger partial charge is 0.453 e. The number of nitrogens with zero attached hydrogens (tertiary/aromatic N) is 1. The van der Waals surface area contributed by atoms with Crippen LogP contribution in [0.15, 0.2) is 54.6 Å². The Balaban J connectivity index is 1.86. The number of likely N-dealkylation sites (tertiary alicyclic amines) is 1. The van der Waals surface area contributed by atoms with E-state index in [-0.39, 0.29) is 12.1 Å². The molecule has 3 rings (SSSR count). The van der Waals surface area contributed by atoms with Gasteiger partial charge in [-0.25, -0.2) is 17.9 Å². The van der Waals surface area contributed by atoms with Gasteiger partial charge in [0.2, 0.25) is 10.0 Å². The van der Waals surface area contributed by atoms with E-state index in [1.54, 1.807) is 4.90 Å². The van der Waals surface area contributed by atoms with Gasteiger partial charge in [0.15, 0.2) is 0 Å². The summed E-state index contributed by atoms with van der Waals surface area (Å²) in [5, 5.41) is 0. The van der Waals surface area contributed by atoms with E-state index in [2.05, 4.69) is 10.8 Å². The molecule has 2 aromatic rings. The number of carbonyl (C=O) groups is 1. The zero-order valence-electron chi connectivity index (χ0n) is 15.5. The summed E-state index contributed by atoms with van der Waals surface area (Å²) >= 11 is 0. The minimum Gasteiger partial charge on any atom is -0.453 e. The minimum atomic E-state index is -3.37. The lowest BCUT2D eigenvalue weighted by Gasteiger charge is -2.27. The van der Waals surface area contributed by atoms with Crippen LogP contribution in [0.3, 0.4) is 0 Å². The fourth-order valence-electron chi connectivity index (χ4n) is 3.61. The number of hydrogen-bond acceptors (Lipinski definition) is 4. The number of methoxy groups -OCH3 is 1. The molecule has 0 aromatic heterocycles. The maximum atomic E-state index is 12.1. The molecule has 1 amide bonds. The SMILES string of the molecule is COC(=O)N1CC[C@@H](NS(C)(=O)=O)[C@H]1Cc1cccc(-c2ccccc2)c1. The van der Waals surface area contributed by atoms with Crippen molar-refractivity contribution in [1.29, 1.82) is 0 Å². The van der Waals surface area contributed by atoms with E-state index in [4.69, 9.17) is 4.74 Å². The van der Waals surface area contributed by atoms with Gasteiger partial charge in [-0.2, -0.15) is 0 Å². The van der Waals surface area contributed by atoms with Crippen molar-refractivity contribution in [1.82, 2.24) is 9.62 Å². The van der Waals surface area contributed by atoms with Crippen molar-refractivity contribution in [2.24, 2.45) is 0 Å². The smallest absolute Gasteiger partial charge is 0.409 e. The molecule has 2 aromatic carbocycles. The number of amides is 1. The van der Waals surface area contributed by atoms with Gasteiger partial charge in [-0.15, -0.1) is 0 Å². The normalized spacial score (nSPS) is 19.9. The molecule has 144 valence electrons. The Hall–Kier alpha value is -2.38. The lowest BCUT2D eigenvalue weighted by molar-refractivity contribution is 0.117. The van der Waals surface area contributed by atoms with Crippen LogP contribution in [0.4, 0.5) is 4.79 Å². The molecular weight excluding hydrogens is 364 g/mol. The van der Waals surface area contributed by atoms with Crippen LogP contribution in [0.5, 0.6) is 0 Å². The fourth-order valence-corrected chi connectivity index (χ4v) is 4.44. The van der Waals surface area contributed by atoms with Gasteiger partial charge in [0.1, 0.15) is 0 Å². The van der Waals surface area contributed by atoms with E-state index in [9.17, 15) is 13.2 Å². The molecule has 0 unspecified atom stereocenters. The van der Waals surface area contributed by atoms with Gasteiger partial charge >= 0.3 is 6.09 Å². The van der Waals surface area contributed by atoms with Crippen LogP contribution in [0.1, 0.15) is 12.0 Å². The van der Waals surface area contributed by atoms with Crippen LogP contribution in [-0.2, 0) is 21.2 Å². The Kier molecular flexibility index (Phi) is 5.82. The maximum absolute atomic E-state index is 12.1. The summed E-state index contributed by atoms with van der Waals surface area (Å²) in [5.74, 6) is 0. The van der Waals surface area contributed by atoms with E-state index in [0.29, 0.717) is 19.4 Å². The van der Waals surface area contributed by atoms with Gasteiger partial charge in [0.25, 0.3) is 0 Å². The topological polar surface area (TPSA) is 75.7 Å². The number of sulfonamides is 1. The minimum absolute atomic E-state index is 0.293. The van der Waals surface area contributed by atoms with Gasteiger partial charge in [-0.1, -0.05) is 54.6 Å². The number of nitrogens with one attached hydrogen (secondary N) is 1. The number of benzene rings is 2. The van der Waals surface area contributed by atoms with Gasteiger partial charge in [0.05, 0.1) is 19.4 Å². The Labute approximate surface area is 160 Å². The molecule has 0 aliphatic carbocycles. The number of rotatable bonds is 5. The Morgan fingerprint density at radius 1 is 1.15 bits per heavy atom. The van der Waals surface area contributed by atoms with E-state index in [1.165, 1.54) is 7.11 Å². The van der Waals surface area contributed by atoms with Crippen molar-refractivity contribution in [2.45, 2.75) is 24.9 Å². The number of hydrogen-bond donors (Lipinski definition) is 1. The standard InChI is InChI=1S/C20H24N2O4S/c1-26-20(23)22-12-11-18(21-27(2,24)25)19(22)14-15-7-6-10-17(13-15)16-8-4-3-5-9-16/h3-10,13,18-19,21H,11-12,14H2,1-2H3/t18-,19-/m1/s1. The molecule has 6 nitrogen and oxygen atoms in total. The molecule has 1 aliphatic heterocycles. The molecule has 7 heteroatoms. The van der Waals surface area contributed by atoms with Gasteiger partial charge in [0, 0.05) is 12.6 Å². The first-order valence-corrected chi connectivity index (χ1v) is 10.7. The molecule has 0 spiro atoms. The quantitative estimate of drug-likeness (QED) is 0.854. The van der Waals surface area contributed by atoms with Crippen LogP contribution in [-0.4, -0.2) is 51.4 Å². The molecular formula is C20H24N2O4S. The summed E-state index contributed by atoms with van der Waals surface area (Å²) in [5.41, 5.74) is 3.24. The van der Waals surface area contributed by atoms with Crippen molar-refractivity contribution in [3.05, 3.63) is 60.2 Å². The molecule has 1 aliphatic rings. The predicted molar refractivity (Wildman–Crippen MR) is 105 cm³/mol. The molecule has 0 radical (unpaired) electrons. The molecule has 1 N–H and O–H groups in total. The number of ether oxygens (including phenoxy) is 1. The van der Waals surface area contributed by atoms with E-state index in [0.717, 1.165) is 22.9 Å². The third kappa shape index (κ3) is 4.87. The summed E-state index contributed by atoms with van der Waals surface area (Å²) in [6.07, 6.45) is 1.81. The molecule has 1 fully saturated rings. The highest BCUT2D eigenvalue weighted by molar-refractivity contribution is 7.88. The lowest BCUT2D eigenvalue weighted by Crippen LogP contribution is -2.47. The van der Waals surface area contributed by atoms with Gasteiger partial charge in [-0.05, 0) is 29.5 Å². The van der Waals surface area contributed by atoms with Crippen LogP contribution in [0.25, 0.3) is 11.1 Å². The molecule has 27 heavy (non-hydrogen) atoms. The summed E-state index contributed by atoms with van der Waals surface area (Å²) in [4.78, 5) is 13.7. The summed E-state index contributed by atoms with van der Waals surface area (Å²) in [7, 11) is -2.03. The predicted octanol–water partition coefficient (Wildman–Crippen LogP) is 2.65. The fraction of sp³-hybridized carbons (Fsp3) is 0.350. The first-order chi connectivity index (χ1) is 12.9. The average Bonchev–Trinajstić information content (AvgIpc) is 3.02.